The van der Waals surface area contributed by atoms with E-state index in [4.69, 9.17) is 23.2 Å². The van der Waals surface area contributed by atoms with Crippen LogP contribution in [0, 0.1) is 0 Å². The summed E-state index contributed by atoms with van der Waals surface area (Å²) in [4.78, 5) is 25.6. The van der Waals surface area contributed by atoms with E-state index >= 15 is 0 Å². The van der Waals surface area contributed by atoms with Gasteiger partial charge in [0.2, 0.25) is 5.91 Å². The number of carbonyl (C=O) groups is 2. The number of hydrogen-bond donors (Lipinski definition) is 4. The summed E-state index contributed by atoms with van der Waals surface area (Å²) in [7, 11) is 0. The molecule has 0 bridgehead atoms. The van der Waals surface area contributed by atoms with Gasteiger partial charge in [-0.3, -0.25) is 14.3 Å². The number of nitrogens with one attached hydrogen (secondary N) is 3. The monoisotopic (exact) mass is 497 g/mol. The zero-order chi connectivity index (χ0) is 22.2. The Kier molecular flexibility index (Phi) is 9.01. The third-order valence-corrected chi connectivity index (χ3v) is 6.95. The number of thiophene rings is 1. The molecule has 10 heteroatoms. The van der Waals surface area contributed by atoms with Crippen LogP contribution in [0.4, 0.5) is 0 Å². The van der Waals surface area contributed by atoms with E-state index in [1.165, 1.54) is 23.3 Å². The molecule has 0 saturated carbocycles. The lowest BCUT2D eigenvalue weighted by molar-refractivity contribution is -0.120. The molecule has 3 rings (SSSR count). The maximum absolute atomic E-state index is 12.2. The second kappa shape index (κ2) is 11.7. The molecule has 0 spiro atoms. The van der Waals surface area contributed by atoms with Gasteiger partial charge in [-0.25, -0.2) is 0 Å². The fraction of sp³-hybridized carbons (Fsp3) is 0.238. The van der Waals surface area contributed by atoms with E-state index < -0.39 is 6.10 Å². The summed E-state index contributed by atoms with van der Waals surface area (Å²) in [5, 5.41) is 17.4. The quantitative estimate of drug-likeness (QED) is 0.250. The van der Waals surface area contributed by atoms with Crippen molar-refractivity contribution in [2.24, 2.45) is 0 Å². The fourth-order valence-electron chi connectivity index (χ4n) is 2.65. The van der Waals surface area contributed by atoms with E-state index in [0.29, 0.717) is 27.9 Å². The summed E-state index contributed by atoms with van der Waals surface area (Å²) in [6.45, 7) is 0.470. The van der Waals surface area contributed by atoms with Crippen molar-refractivity contribution in [3.63, 3.8) is 0 Å². The molecule has 164 valence electrons. The lowest BCUT2D eigenvalue weighted by atomic mass is 10.2. The van der Waals surface area contributed by atoms with Gasteiger partial charge in [0.25, 0.3) is 5.91 Å². The van der Waals surface area contributed by atoms with E-state index in [2.05, 4.69) is 15.4 Å². The van der Waals surface area contributed by atoms with Crippen LogP contribution in [0.1, 0.15) is 16.1 Å². The molecule has 31 heavy (non-hydrogen) atoms. The van der Waals surface area contributed by atoms with Crippen LogP contribution in [-0.2, 0) is 4.79 Å². The molecule has 2 aromatic carbocycles. The molecular weight excluding hydrogens is 477 g/mol. The van der Waals surface area contributed by atoms with Gasteiger partial charge in [-0.1, -0.05) is 41.4 Å². The fourth-order valence-corrected chi connectivity index (χ4v) is 4.82. The summed E-state index contributed by atoms with van der Waals surface area (Å²) in [5.41, 5.74) is 0. The van der Waals surface area contributed by atoms with Gasteiger partial charge in [-0.15, -0.1) is 11.3 Å². The van der Waals surface area contributed by atoms with Gasteiger partial charge in [0.05, 0.1) is 22.5 Å². The van der Waals surface area contributed by atoms with Crippen LogP contribution in [0.15, 0.2) is 53.4 Å². The minimum atomic E-state index is -0.712. The normalized spacial score (nSPS) is 12.0. The van der Waals surface area contributed by atoms with Gasteiger partial charge in [0, 0.05) is 27.7 Å². The average molecular weight is 498 g/mol. The van der Waals surface area contributed by atoms with E-state index in [9.17, 15) is 14.7 Å². The molecule has 0 fully saturated rings. The molecule has 0 aliphatic rings. The molecule has 0 aliphatic heterocycles. The van der Waals surface area contributed by atoms with Crippen molar-refractivity contribution in [2.75, 3.05) is 19.6 Å². The minimum Gasteiger partial charge on any atom is -0.391 e. The molecule has 0 radical (unpaired) electrons. The molecule has 0 saturated heterocycles. The third-order valence-electron chi connectivity index (χ3n) is 4.25. The van der Waals surface area contributed by atoms with E-state index in [1.54, 1.807) is 18.2 Å². The molecule has 0 aliphatic carbocycles. The van der Waals surface area contributed by atoms with Gasteiger partial charge in [-0.05, 0) is 54.1 Å². The second-order valence-electron chi connectivity index (χ2n) is 6.65. The standard InChI is InChI=1S/C21H21Cl2N3O3S2/c22-14-5-6-18(16(23)10-14)31-26-8-7-15(27)11-24-20(28)12-25-21(29)19-9-13-3-1-2-4-17(13)30-19/h1-6,9-10,15,26-27H,7-8,11-12H2,(H,24,28)(H,25,29). The van der Waals surface area contributed by atoms with Gasteiger partial charge in [0.1, 0.15) is 0 Å². The van der Waals surface area contributed by atoms with E-state index in [-0.39, 0.29) is 24.9 Å². The molecule has 1 heterocycles. The number of carbonyl (C=O) groups excluding carboxylic acids is 2. The first-order chi connectivity index (χ1) is 14.9. The first-order valence-electron chi connectivity index (χ1n) is 9.48. The summed E-state index contributed by atoms with van der Waals surface area (Å²) in [5.74, 6) is -0.650. The highest BCUT2D eigenvalue weighted by Gasteiger charge is 2.12. The van der Waals surface area contributed by atoms with Gasteiger partial charge in [0.15, 0.2) is 0 Å². The number of hydrogen-bond acceptors (Lipinski definition) is 6. The Morgan fingerprint density at radius 2 is 1.90 bits per heavy atom. The maximum atomic E-state index is 12.2. The van der Waals surface area contributed by atoms with Crippen LogP contribution in [0.3, 0.4) is 0 Å². The number of aliphatic hydroxyl groups excluding tert-OH is 1. The van der Waals surface area contributed by atoms with Crippen molar-refractivity contribution in [1.29, 1.82) is 0 Å². The van der Waals surface area contributed by atoms with Crippen molar-refractivity contribution in [1.82, 2.24) is 15.4 Å². The van der Waals surface area contributed by atoms with Crippen molar-refractivity contribution in [3.8, 4) is 0 Å². The minimum absolute atomic E-state index is 0.103. The predicted molar refractivity (Wildman–Crippen MR) is 128 cm³/mol. The van der Waals surface area contributed by atoms with E-state index in [0.717, 1.165) is 15.0 Å². The molecule has 4 N–H and O–H groups in total. The SMILES string of the molecule is O=C(CNC(=O)c1cc2ccccc2s1)NCC(O)CCNSc1ccc(Cl)cc1Cl. The van der Waals surface area contributed by atoms with Crippen molar-refractivity contribution >= 4 is 68.4 Å². The van der Waals surface area contributed by atoms with Crippen molar-refractivity contribution in [2.45, 2.75) is 17.4 Å². The van der Waals surface area contributed by atoms with Crippen LogP contribution >= 0.6 is 46.5 Å². The Morgan fingerprint density at radius 3 is 2.68 bits per heavy atom. The Hall–Kier alpha value is -1.81. The van der Waals surface area contributed by atoms with Crippen molar-refractivity contribution < 1.29 is 14.7 Å². The molecule has 2 amide bonds. The van der Waals surface area contributed by atoms with Crippen LogP contribution < -0.4 is 15.4 Å². The number of aliphatic hydroxyl groups is 1. The first kappa shape index (κ1) is 23.8. The summed E-state index contributed by atoms with van der Waals surface area (Å²) >= 11 is 14.7. The topological polar surface area (TPSA) is 90.5 Å². The third kappa shape index (κ3) is 7.38. The number of benzene rings is 2. The highest BCUT2D eigenvalue weighted by atomic mass is 35.5. The lowest BCUT2D eigenvalue weighted by Crippen LogP contribution is -2.40. The van der Waals surface area contributed by atoms with Gasteiger partial charge >= 0.3 is 0 Å². The Balaban J connectivity index is 1.31. The highest BCUT2D eigenvalue weighted by Crippen LogP contribution is 2.28. The summed E-state index contributed by atoms with van der Waals surface area (Å²) in [6, 6.07) is 14.7. The number of rotatable bonds is 10. The number of fused-ring (bicyclic) bond motifs is 1. The Labute approximate surface area is 198 Å². The zero-order valence-electron chi connectivity index (χ0n) is 16.4. The van der Waals surface area contributed by atoms with Crippen LogP contribution in [-0.4, -0.2) is 42.7 Å². The molecular formula is C21H21Cl2N3O3S2. The Bertz CT molecular complexity index is 1030. The van der Waals surface area contributed by atoms with Gasteiger partial charge in [-0.2, -0.15) is 0 Å². The second-order valence-corrected chi connectivity index (χ2v) is 9.51. The van der Waals surface area contributed by atoms with Crippen LogP contribution in [0.2, 0.25) is 10.0 Å². The summed E-state index contributed by atoms with van der Waals surface area (Å²) in [6.07, 6.45) is -0.275. The van der Waals surface area contributed by atoms with Crippen LogP contribution in [0.25, 0.3) is 10.1 Å². The van der Waals surface area contributed by atoms with Gasteiger partial charge < -0.3 is 15.7 Å². The predicted octanol–water partition coefficient (Wildman–Crippen LogP) is 4.10. The largest absolute Gasteiger partial charge is 0.391 e. The summed E-state index contributed by atoms with van der Waals surface area (Å²) < 4.78 is 4.13. The molecule has 1 aromatic heterocycles. The Morgan fingerprint density at radius 1 is 1.10 bits per heavy atom. The molecule has 1 unspecified atom stereocenters. The van der Waals surface area contributed by atoms with Crippen LogP contribution in [0.5, 0.6) is 0 Å². The van der Waals surface area contributed by atoms with E-state index in [1.807, 2.05) is 30.3 Å². The maximum Gasteiger partial charge on any atom is 0.261 e. The molecule has 3 aromatic rings. The first-order valence-corrected chi connectivity index (χ1v) is 11.9. The van der Waals surface area contributed by atoms with Crippen molar-refractivity contribution in [3.05, 3.63) is 63.5 Å². The molecule has 1 atom stereocenters. The number of amides is 2. The molecule has 6 nitrogen and oxygen atoms in total. The zero-order valence-corrected chi connectivity index (χ0v) is 19.5. The highest BCUT2D eigenvalue weighted by molar-refractivity contribution is 7.97. The number of halogens is 2. The average Bonchev–Trinajstić information content (AvgIpc) is 3.19. The smallest absolute Gasteiger partial charge is 0.261 e. The lowest BCUT2D eigenvalue weighted by Gasteiger charge is -2.13.